The van der Waals surface area contributed by atoms with Crippen LogP contribution in [0.5, 0.6) is 5.75 Å². The number of carbonyl (C=O) groups is 3. The van der Waals surface area contributed by atoms with E-state index in [0.29, 0.717) is 35.5 Å². The van der Waals surface area contributed by atoms with Gasteiger partial charge in [0.05, 0.1) is 18.4 Å². The Balaban J connectivity index is 2.27. The minimum Gasteiger partial charge on any atom is -0.476 e. The van der Waals surface area contributed by atoms with Crippen molar-refractivity contribution in [2.45, 2.75) is 65.6 Å². The molecular weight excluding hydrogens is 362 g/mol. The van der Waals surface area contributed by atoms with Crippen LogP contribution in [-0.2, 0) is 19.1 Å². The lowest BCUT2D eigenvalue weighted by Crippen LogP contribution is -2.53. The van der Waals surface area contributed by atoms with Crippen molar-refractivity contribution in [3.63, 3.8) is 0 Å². The van der Waals surface area contributed by atoms with Crippen molar-refractivity contribution in [2.75, 3.05) is 18.6 Å². The van der Waals surface area contributed by atoms with Crippen LogP contribution < -0.4 is 9.64 Å². The molecule has 0 unspecified atom stereocenters. The molecule has 0 bridgehead atoms. The number of anilines is 1. The first-order chi connectivity index (χ1) is 12.9. The number of nitrogens with zero attached hydrogens (tertiary/aromatic N) is 1. The molecule has 7 heteroatoms. The highest BCUT2D eigenvalue weighted by Gasteiger charge is 2.41. The van der Waals surface area contributed by atoms with Gasteiger partial charge in [-0.05, 0) is 65.7 Å². The minimum absolute atomic E-state index is 0.188. The number of esters is 2. The summed E-state index contributed by atoms with van der Waals surface area (Å²) in [4.78, 5) is 38.5. The Bertz CT molecular complexity index is 791. The van der Waals surface area contributed by atoms with Gasteiger partial charge in [0.2, 0.25) is 0 Å². The van der Waals surface area contributed by atoms with Gasteiger partial charge in [-0.25, -0.2) is 4.79 Å². The molecule has 7 nitrogen and oxygen atoms in total. The van der Waals surface area contributed by atoms with E-state index < -0.39 is 17.2 Å². The zero-order valence-corrected chi connectivity index (χ0v) is 17.7. The first kappa shape index (κ1) is 21.7. The molecule has 28 heavy (non-hydrogen) atoms. The molecule has 2 rings (SSSR count). The number of rotatable bonds is 5. The van der Waals surface area contributed by atoms with Crippen molar-refractivity contribution in [3.05, 3.63) is 23.3 Å². The molecule has 1 heterocycles. The molecule has 0 fully saturated rings. The largest absolute Gasteiger partial charge is 0.476 e. The van der Waals surface area contributed by atoms with E-state index in [1.54, 1.807) is 37.8 Å². The summed E-state index contributed by atoms with van der Waals surface area (Å²) in [5, 5.41) is 0. The van der Waals surface area contributed by atoms with Crippen molar-refractivity contribution in [2.24, 2.45) is 0 Å². The molecule has 1 aliphatic heterocycles. The van der Waals surface area contributed by atoms with Crippen molar-refractivity contribution in [3.8, 4) is 5.75 Å². The molecule has 154 valence electrons. The molecule has 1 aromatic rings. The monoisotopic (exact) mass is 391 g/mol. The second-order valence-corrected chi connectivity index (χ2v) is 8.39. The summed E-state index contributed by atoms with van der Waals surface area (Å²) >= 11 is 0. The van der Waals surface area contributed by atoms with Crippen molar-refractivity contribution >= 4 is 23.5 Å². The van der Waals surface area contributed by atoms with E-state index in [9.17, 15) is 14.4 Å². The third kappa shape index (κ3) is 4.82. The molecule has 1 amide bonds. The smallest absolute Gasteiger partial charge is 0.338 e. The Labute approximate surface area is 165 Å². The Kier molecular flexibility index (Phi) is 6.06. The van der Waals surface area contributed by atoms with Crippen LogP contribution in [0.3, 0.4) is 0 Å². The summed E-state index contributed by atoms with van der Waals surface area (Å²) < 4.78 is 16.0. The topological polar surface area (TPSA) is 82.1 Å². The molecule has 1 aliphatic rings. The van der Waals surface area contributed by atoms with Crippen LogP contribution >= 0.6 is 0 Å². The number of amides is 1. The highest BCUT2D eigenvalue weighted by Crippen LogP contribution is 2.40. The van der Waals surface area contributed by atoms with Crippen molar-refractivity contribution in [1.82, 2.24) is 0 Å². The van der Waals surface area contributed by atoms with Gasteiger partial charge >= 0.3 is 11.9 Å². The van der Waals surface area contributed by atoms with E-state index in [1.807, 2.05) is 20.8 Å². The summed E-state index contributed by atoms with van der Waals surface area (Å²) in [5.41, 5.74) is -0.0237. The maximum atomic E-state index is 12.9. The molecule has 0 aromatic heterocycles. The van der Waals surface area contributed by atoms with Gasteiger partial charge in [0.15, 0.2) is 5.60 Å². The molecule has 0 spiro atoms. The molecule has 0 N–H and O–H groups in total. The minimum atomic E-state index is -1.04. The fraction of sp³-hybridized carbons (Fsp3) is 0.571. The van der Waals surface area contributed by atoms with Crippen LogP contribution in [0.25, 0.3) is 0 Å². The van der Waals surface area contributed by atoms with E-state index in [-0.39, 0.29) is 18.3 Å². The van der Waals surface area contributed by atoms with Crippen molar-refractivity contribution < 1.29 is 28.6 Å². The standard InChI is InChI=1S/C21H29NO6/c1-13-11-16-15(12-14(13)18(24)26-7)22(19(25)21(5,6)27-16)10-8-9-17(23)28-20(2,3)4/h11-12H,8-10H2,1-7H3. The zero-order valence-electron chi connectivity index (χ0n) is 17.7. The third-order valence-electron chi connectivity index (χ3n) is 4.31. The number of hydrogen-bond acceptors (Lipinski definition) is 6. The number of methoxy groups -OCH3 is 1. The molecule has 0 saturated heterocycles. The summed E-state index contributed by atoms with van der Waals surface area (Å²) in [6, 6.07) is 3.34. The molecule has 0 radical (unpaired) electrons. The average molecular weight is 391 g/mol. The number of carbonyl (C=O) groups excluding carboxylic acids is 3. The van der Waals surface area contributed by atoms with Gasteiger partial charge in [0.25, 0.3) is 5.91 Å². The highest BCUT2D eigenvalue weighted by molar-refractivity contribution is 6.04. The Morgan fingerprint density at radius 1 is 1.21 bits per heavy atom. The van der Waals surface area contributed by atoms with Crippen molar-refractivity contribution in [1.29, 1.82) is 0 Å². The van der Waals surface area contributed by atoms with E-state index in [2.05, 4.69) is 0 Å². The number of aryl methyl sites for hydroxylation is 1. The quantitative estimate of drug-likeness (QED) is 0.716. The van der Waals surface area contributed by atoms with Gasteiger partial charge in [-0.1, -0.05) is 0 Å². The van der Waals surface area contributed by atoms with Gasteiger partial charge < -0.3 is 19.1 Å². The summed E-state index contributed by atoms with van der Waals surface area (Å²) in [6.45, 7) is 10.9. The van der Waals surface area contributed by atoms with Gasteiger partial charge in [-0.15, -0.1) is 0 Å². The lowest BCUT2D eigenvalue weighted by Gasteiger charge is -2.39. The van der Waals surface area contributed by atoms with E-state index >= 15 is 0 Å². The molecule has 0 atom stereocenters. The van der Waals surface area contributed by atoms with Gasteiger partial charge in [-0.2, -0.15) is 0 Å². The molecule has 0 saturated carbocycles. The van der Waals surface area contributed by atoms with E-state index in [0.717, 1.165) is 0 Å². The third-order valence-corrected chi connectivity index (χ3v) is 4.31. The Morgan fingerprint density at radius 3 is 2.43 bits per heavy atom. The Hall–Kier alpha value is -2.57. The normalized spacial score (nSPS) is 15.5. The summed E-state index contributed by atoms with van der Waals surface area (Å²) in [7, 11) is 1.31. The number of benzene rings is 1. The summed E-state index contributed by atoms with van der Waals surface area (Å²) in [6.07, 6.45) is 0.616. The fourth-order valence-electron chi connectivity index (χ4n) is 3.04. The lowest BCUT2D eigenvalue weighted by atomic mass is 10.00. The van der Waals surface area contributed by atoms with Crippen LogP contribution in [0.2, 0.25) is 0 Å². The van der Waals surface area contributed by atoms with Gasteiger partial charge in [0.1, 0.15) is 11.4 Å². The lowest BCUT2D eigenvalue weighted by molar-refractivity contribution is -0.155. The van der Waals surface area contributed by atoms with Crippen LogP contribution in [0.15, 0.2) is 12.1 Å². The first-order valence-corrected chi connectivity index (χ1v) is 9.31. The fourth-order valence-corrected chi connectivity index (χ4v) is 3.04. The second-order valence-electron chi connectivity index (χ2n) is 8.39. The number of hydrogen-bond donors (Lipinski definition) is 0. The molecular formula is C21H29NO6. The van der Waals surface area contributed by atoms with Crippen LogP contribution in [0.4, 0.5) is 5.69 Å². The molecule has 0 aliphatic carbocycles. The van der Waals surface area contributed by atoms with Crippen LogP contribution in [0.1, 0.15) is 63.4 Å². The van der Waals surface area contributed by atoms with E-state index in [1.165, 1.54) is 7.11 Å². The first-order valence-electron chi connectivity index (χ1n) is 9.31. The number of fused-ring (bicyclic) bond motifs is 1. The maximum Gasteiger partial charge on any atom is 0.338 e. The van der Waals surface area contributed by atoms with E-state index in [4.69, 9.17) is 14.2 Å². The summed E-state index contributed by atoms with van der Waals surface area (Å²) in [5.74, 6) is -0.506. The zero-order chi connectivity index (χ0) is 21.3. The predicted octanol–water partition coefficient (Wildman–Crippen LogP) is 3.41. The predicted molar refractivity (Wildman–Crippen MR) is 105 cm³/mol. The van der Waals surface area contributed by atoms with Gasteiger partial charge in [-0.3, -0.25) is 9.59 Å². The maximum absolute atomic E-state index is 12.9. The molecule has 1 aromatic carbocycles. The van der Waals surface area contributed by atoms with Crippen LogP contribution in [0, 0.1) is 6.92 Å². The van der Waals surface area contributed by atoms with Gasteiger partial charge in [0, 0.05) is 13.0 Å². The Morgan fingerprint density at radius 2 is 1.86 bits per heavy atom. The van der Waals surface area contributed by atoms with Crippen LogP contribution in [-0.4, -0.2) is 42.7 Å². The number of ether oxygens (including phenoxy) is 3. The SMILES string of the molecule is COC(=O)c1cc2c(cc1C)OC(C)(C)C(=O)N2CCCC(=O)OC(C)(C)C. The highest BCUT2D eigenvalue weighted by atomic mass is 16.6. The second kappa shape index (κ2) is 7.81. The average Bonchev–Trinajstić information content (AvgIpc) is 2.55.